The van der Waals surface area contributed by atoms with Crippen LogP contribution in [-0.4, -0.2) is 43.7 Å². The van der Waals surface area contributed by atoms with Crippen molar-refractivity contribution in [2.24, 2.45) is 11.1 Å². The molecule has 0 aromatic heterocycles. The first-order valence-electron chi connectivity index (χ1n) is 7.70. The third-order valence-electron chi connectivity index (χ3n) is 4.93. The highest BCUT2D eigenvalue weighted by Crippen LogP contribution is 2.43. The predicted octanol–water partition coefficient (Wildman–Crippen LogP) is 1.92. The summed E-state index contributed by atoms with van der Waals surface area (Å²) in [6, 6.07) is 0. The molecule has 0 radical (unpaired) electrons. The molecule has 1 aliphatic carbocycles. The Labute approximate surface area is 116 Å². The number of carbonyl (C=O) groups is 1. The summed E-state index contributed by atoms with van der Waals surface area (Å²) in [5.74, 6) is 0.224. The summed E-state index contributed by atoms with van der Waals surface area (Å²) in [4.78, 5) is 14.4. The molecule has 2 fully saturated rings. The number of amides is 1. The maximum Gasteiger partial charge on any atom is 0.225 e. The SMILES string of the molecule is COC(CN)CC(=O)N1CCCC2(CCCCC2)C1. The molecular formula is C15H28N2O2. The van der Waals surface area contributed by atoms with Gasteiger partial charge in [-0.15, -0.1) is 0 Å². The molecule has 1 aliphatic heterocycles. The van der Waals surface area contributed by atoms with Crippen LogP contribution in [0.5, 0.6) is 0 Å². The number of methoxy groups -OCH3 is 1. The lowest BCUT2D eigenvalue weighted by Crippen LogP contribution is -2.48. The zero-order chi connectivity index (χ0) is 13.7. The third kappa shape index (κ3) is 3.69. The van der Waals surface area contributed by atoms with Gasteiger partial charge in [-0.25, -0.2) is 0 Å². The minimum absolute atomic E-state index is 0.128. The highest BCUT2D eigenvalue weighted by atomic mass is 16.5. The number of piperidine rings is 1. The van der Waals surface area contributed by atoms with E-state index in [9.17, 15) is 4.79 Å². The predicted molar refractivity (Wildman–Crippen MR) is 75.8 cm³/mol. The number of carbonyl (C=O) groups excluding carboxylic acids is 1. The molecule has 0 bridgehead atoms. The van der Waals surface area contributed by atoms with Gasteiger partial charge in [-0.05, 0) is 31.1 Å². The maximum absolute atomic E-state index is 12.3. The van der Waals surface area contributed by atoms with Gasteiger partial charge in [-0.1, -0.05) is 19.3 Å². The average Bonchev–Trinajstić information content (AvgIpc) is 2.45. The Morgan fingerprint density at radius 1 is 1.26 bits per heavy atom. The van der Waals surface area contributed by atoms with E-state index in [4.69, 9.17) is 10.5 Å². The molecule has 0 aromatic carbocycles. The summed E-state index contributed by atoms with van der Waals surface area (Å²) in [7, 11) is 1.63. The van der Waals surface area contributed by atoms with Crippen LogP contribution in [0, 0.1) is 5.41 Å². The van der Waals surface area contributed by atoms with E-state index in [-0.39, 0.29) is 12.0 Å². The van der Waals surface area contributed by atoms with E-state index < -0.39 is 0 Å². The zero-order valence-corrected chi connectivity index (χ0v) is 12.2. The highest BCUT2D eigenvalue weighted by molar-refractivity contribution is 5.76. The summed E-state index contributed by atoms with van der Waals surface area (Å²) in [6.07, 6.45) is 9.43. The van der Waals surface area contributed by atoms with Crippen LogP contribution in [0.4, 0.5) is 0 Å². The monoisotopic (exact) mass is 268 g/mol. The Hall–Kier alpha value is -0.610. The van der Waals surface area contributed by atoms with E-state index in [0.717, 1.165) is 19.5 Å². The van der Waals surface area contributed by atoms with Gasteiger partial charge >= 0.3 is 0 Å². The lowest BCUT2D eigenvalue weighted by molar-refractivity contribution is -0.137. The maximum atomic E-state index is 12.3. The fourth-order valence-electron chi connectivity index (χ4n) is 3.72. The molecule has 1 saturated carbocycles. The van der Waals surface area contributed by atoms with Crippen molar-refractivity contribution < 1.29 is 9.53 Å². The Morgan fingerprint density at radius 2 is 1.95 bits per heavy atom. The largest absolute Gasteiger partial charge is 0.380 e. The Bertz CT molecular complexity index is 291. The molecule has 1 heterocycles. The summed E-state index contributed by atoms with van der Waals surface area (Å²) in [6.45, 7) is 2.30. The van der Waals surface area contributed by atoms with Gasteiger partial charge in [-0.3, -0.25) is 4.79 Å². The van der Waals surface area contributed by atoms with Gasteiger partial charge in [0.25, 0.3) is 0 Å². The second-order valence-corrected chi connectivity index (χ2v) is 6.28. The molecule has 0 aromatic rings. The molecule has 2 rings (SSSR count). The minimum Gasteiger partial charge on any atom is -0.380 e. The van der Waals surface area contributed by atoms with Crippen LogP contribution in [0.2, 0.25) is 0 Å². The second-order valence-electron chi connectivity index (χ2n) is 6.28. The molecule has 19 heavy (non-hydrogen) atoms. The molecule has 1 saturated heterocycles. The highest BCUT2D eigenvalue weighted by Gasteiger charge is 2.37. The molecule has 2 N–H and O–H groups in total. The van der Waals surface area contributed by atoms with Gasteiger partial charge in [-0.2, -0.15) is 0 Å². The van der Waals surface area contributed by atoms with Crippen molar-refractivity contribution in [3.63, 3.8) is 0 Å². The van der Waals surface area contributed by atoms with Crippen molar-refractivity contribution in [1.82, 2.24) is 4.90 Å². The summed E-state index contributed by atoms with van der Waals surface area (Å²) >= 11 is 0. The minimum atomic E-state index is -0.128. The van der Waals surface area contributed by atoms with Crippen molar-refractivity contribution in [3.8, 4) is 0 Å². The summed E-state index contributed by atoms with van der Waals surface area (Å²) in [5.41, 5.74) is 6.03. The lowest BCUT2D eigenvalue weighted by Gasteiger charge is -2.45. The smallest absolute Gasteiger partial charge is 0.225 e. The van der Waals surface area contributed by atoms with Crippen LogP contribution < -0.4 is 5.73 Å². The molecular weight excluding hydrogens is 240 g/mol. The number of nitrogens with zero attached hydrogens (tertiary/aromatic N) is 1. The molecule has 110 valence electrons. The van der Waals surface area contributed by atoms with Crippen LogP contribution in [0.25, 0.3) is 0 Å². The van der Waals surface area contributed by atoms with E-state index in [1.807, 2.05) is 0 Å². The van der Waals surface area contributed by atoms with Gasteiger partial charge in [0.15, 0.2) is 0 Å². The molecule has 4 nitrogen and oxygen atoms in total. The van der Waals surface area contributed by atoms with Gasteiger partial charge in [0.05, 0.1) is 12.5 Å². The Morgan fingerprint density at radius 3 is 2.58 bits per heavy atom. The first-order chi connectivity index (χ1) is 9.19. The fraction of sp³-hybridized carbons (Fsp3) is 0.933. The van der Waals surface area contributed by atoms with Crippen LogP contribution in [0.15, 0.2) is 0 Å². The number of ether oxygens (including phenoxy) is 1. The summed E-state index contributed by atoms with van der Waals surface area (Å²) < 4.78 is 5.23. The normalized spacial score (nSPS) is 24.4. The van der Waals surface area contributed by atoms with Gasteiger partial charge < -0.3 is 15.4 Å². The topological polar surface area (TPSA) is 55.6 Å². The van der Waals surface area contributed by atoms with Gasteiger partial charge in [0.2, 0.25) is 5.91 Å². The van der Waals surface area contributed by atoms with Crippen LogP contribution in [0.1, 0.15) is 51.4 Å². The Kier molecular flexibility index (Phi) is 5.22. The van der Waals surface area contributed by atoms with Crippen molar-refractivity contribution in [3.05, 3.63) is 0 Å². The Balaban J connectivity index is 1.91. The van der Waals surface area contributed by atoms with Crippen molar-refractivity contribution >= 4 is 5.91 Å². The van der Waals surface area contributed by atoms with E-state index in [0.29, 0.717) is 18.4 Å². The van der Waals surface area contributed by atoms with Crippen LogP contribution >= 0.6 is 0 Å². The zero-order valence-electron chi connectivity index (χ0n) is 12.2. The molecule has 2 aliphatic rings. The summed E-state index contributed by atoms with van der Waals surface area (Å²) in [5, 5.41) is 0. The van der Waals surface area contributed by atoms with Crippen LogP contribution in [-0.2, 0) is 9.53 Å². The molecule has 1 unspecified atom stereocenters. The average molecular weight is 268 g/mol. The van der Waals surface area contributed by atoms with E-state index in [2.05, 4.69) is 4.90 Å². The van der Waals surface area contributed by atoms with Crippen molar-refractivity contribution in [2.45, 2.75) is 57.5 Å². The first kappa shape index (κ1) is 14.8. The number of hydrogen-bond donors (Lipinski definition) is 1. The number of likely N-dealkylation sites (tertiary alicyclic amines) is 1. The number of hydrogen-bond acceptors (Lipinski definition) is 3. The fourth-order valence-corrected chi connectivity index (χ4v) is 3.72. The van der Waals surface area contributed by atoms with E-state index in [1.54, 1.807) is 7.11 Å². The first-order valence-corrected chi connectivity index (χ1v) is 7.70. The molecule has 1 spiro atoms. The molecule has 4 heteroatoms. The standard InChI is InChI=1S/C15H28N2O2/c1-19-13(11-16)10-14(18)17-9-5-8-15(12-17)6-3-2-4-7-15/h13H,2-12,16H2,1H3. The van der Waals surface area contributed by atoms with Crippen molar-refractivity contribution in [1.29, 1.82) is 0 Å². The van der Waals surface area contributed by atoms with E-state index in [1.165, 1.54) is 38.5 Å². The van der Waals surface area contributed by atoms with Gasteiger partial charge in [0, 0.05) is 26.7 Å². The van der Waals surface area contributed by atoms with Crippen molar-refractivity contribution in [2.75, 3.05) is 26.7 Å². The number of nitrogens with two attached hydrogens (primary N) is 1. The lowest BCUT2D eigenvalue weighted by atomic mass is 9.69. The second kappa shape index (κ2) is 6.71. The number of rotatable bonds is 4. The van der Waals surface area contributed by atoms with E-state index >= 15 is 0 Å². The third-order valence-corrected chi connectivity index (χ3v) is 4.93. The molecule has 1 amide bonds. The quantitative estimate of drug-likeness (QED) is 0.847. The molecule has 1 atom stereocenters. The van der Waals surface area contributed by atoms with Crippen LogP contribution in [0.3, 0.4) is 0 Å². The van der Waals surface area contributed by atoms with Gasteiger partial charge in [0.1, 0.15) is 0 Å².